The summed E-state index contributed by atoms with van der Waals surface area (Å²) in [7, 11) is 1.75. The number of hydrogen-bond acceptors (Lipinski definition) is 2. The van der Waals surface area contributed by atoms with E-state index in [-0.39, 0.29) is 0 Å². The minimum Gasteiger partial charge on any atom is -0.380 e. The van der Waals surface area contributed by atoms with Gasteiger partial charge in [0.15, 0.2) is 0 Å². The van der Waals surface area contributed by atoms with Crippen LogP contribution in [0.4, 0.5) is 0 Å². The molecule has 0 aliphatic heterocycles. The Kier molecular flexibility index (Phi) is 5.51. The summed E-state index contributed by atoms with van der Waals surface area (Å²) >= 11 is 0. The van der Waals surface area contributed by atoms with Crippen LogP contribution in [0.15, 0.2) is 0 Å². The van der Waals surface area contributed by atoms with Gasteiger partial charge in [0.25, 0.3) is 0 Å². The zero-order chi connectivity index (χ0) is 8.85. The first-order valence-corrected chi connectivity index (χ1v) is 4.40. The maximum atomic E-state index is 5.19. The average molecular weight is 159 g/mol. The van der Waals surface area contributed by atoms with Crippen molar-refractivity contribution in [2.75, 3.05) is 7.11 Å². The van der Waals surface area contributed by atoms with Crippen molar-refractivity contribution in [3.63, 3.8) is 0 Å². The fourth-order valence-electron chi connectivity index (χ4n) is 0.906. The molecule has 1 N–H and O–H groups in total. The molecule has 0 bridgehead atoms. The Morgan fingerprint density at radius 3 is 2.18 bits per heavy atom. The number of ether oxygens (including phenoxy) is 1. The van der Waals surface area contributed by atoms with Crippen molar-refractivity contribution >= 4 is 0 Å². The molecule has 2 heteroatoms. The monoisotopic (exact) mass is 159 g/mol. The molecule has 0 aliphatic carbocycles. The number of nitrogens with one attached hydrogen (secondary N) is 1. The highest BCUT2D eigenvalue weighted by Gasteiger charge is 2.11. The van der Waals surface area contributed by atoms with Crippen LogP contribution in [0.5, 0.6) is 0 Å². The van der Waals surface area contributed by atoms with Gasteiger partial charge in [0, 0.05) is 19.2 Å². The second-order valence-corrected chi connectivity index (χ2v) is 3.21. The number of hydrogen-bond donors (Lipinski definition) is 1. The zero-order valence-electron chi connectivity index (χ0n) is 8.35. The molecular weight excluding hydrogens is 138 g/mol. The Morgan fingerprint density at radius 2 is 1.82 bits per heavy atom. The van der Waals surface area contributed by atoms with Crippen LogP contribution in [0.2, 0.25) is 0 Å². The minimum atomic E-state index is 0.295. The van der Waals surface area contributed by atoms with Gasteiger partial charge in [-0.05, 0) is 27.2 Å². The minimum absolute atomic E-state index is 0.295. The van der Waals surface area contributed by atoms with Gasteiger partial charge in [-0.1, -0.05) is 6.92 Å². The van der Waals surface area contributed by atoms with Crippen molar-refractivity contribution in [3.05, 3.63) is 0 Å². The highest BCUT2D eigenvalue weighted by atomic mass is 16.5. The molecule has 0 rings (SSSR count). The molecule has 11 heavy (non-hydrogen) atoms. The number of rotatable bonds is 5. The molecular formula is C9H21NO. The smallest absolute Gasteiger partial charge is 0.0693 e. The molecule has 68 valence electrons. The van der Waals surface area contributed by atoms with E-state index >= 15 is 0 Å². The van der Waals surface area contributed by atoms with E-state index < -0.39 is 0 Å². The standard InChI is InChI=1S/C9H21NO/c1-6-7(2)10-8(3)9(4)11-5/h7-10H,6H2,1-5H3. The molecule has 3 unspecified atom stereocenters. The van der Waals surface area contributed by atoms with Gasteiger partial charge in [0.2, 0.25) is 0 Å². The Morgan fingerprint density at radius 1 is 1.27 bits per heavy atom. The predicted molar refractivity (Wildman–Crippen MR) is 48.8 cm³/mol. The molecule has 0 aromatic carbocycles. The molecule has 0 saturated carbocycles. The van der Waals surface area contributed by atoms with E-state index in [1.54, 1.807) is 7.11 Å². The summed E-state index contributed by atoms with van der Waals surface area (Å²) in [6.07, 6.45) is 1.46. The van der Waals surface area contributed by atoms with Crippen LogP contribution in [0, 0.1) is 0 Å². The Hall–Kier alpha value is -0.0800. The summed E-state index contributed by atoms with van der Waals surface area (Å²) in [4.78, 5) is 0. The van der Waals surface area contributed by atoms with E-state index in [2.05, 4.69) is 33.0 Å². The van der Waals surface area contributed by atoms with E-state index in [9.17, 15) is 0 Å². The van der Waals surface area contributed by atoms with Crippen molar-refractivity contribution in [1.29, 1.82) is 0 Å². The van der Waals surface area contributed by atoms with E-state index in [0.717, 1.165) is 0 Å². The molecule has 0 spiro atoms. The van der Waals surface area contributed by atoms with Crippen LogP contribution >= 0.6 is 0 Å². The van der Waals surface area contributed by atoms with Crippen LogP contribution < -0.4 is 5.32 Å². The van der Waals surface area contributed by atoms with E-state index in [1.165, 1.54) is 6.42 Å². The van der Waals surface area contributed by atoms with Gasteiger partial charge in [0.1, 0.15) is 0 Å². The molecule has 0 fully saturated rings. The summed E-state index contributed by atoms with van der Waals surface area (Å²) < 4.78 is 5.19. The fraction of sp³-hybridized carbons (Fsp3) is 1.00. The van der Waals surface area contributed by atoms with Gasteiger partial charge < -0.3 is 10.1 Å². The normalized spacial score (nSPS) is 19.4. The third-order valence-electron chi connectivity index (χ3n) is 2.24. The third kappa shape index (κ3) is 4.38. The summed E-state index contributed by atoms with van der Waals surface area (Å²) in [5, 5.41) is 3.46. The lowest BCUT2D eigenvalue weighted by Crippen LogP contribution is -2.41. The summed E-state index contributed by atoms with van der Waals surface area (Å²) in [6, 6.07) is 1.03. The molecule has 0 aliphatic rings. The number of methoxy groups -OCH3 is 1. The molecule has 0 aromatic heterocycles. The second kappa shape index (κ2) is 5.56. The maximum absolute atomic E-state index is 5.19. The quantitative estimate of drug-likeness (QED) is 0.660. The largest absolute Gasteiger partial charge is 0.380 e. The third-order valence-corrected chi connectivity index (χ3v) is 2.24. The molecule has 0 amide bonds. The van der Waals surface area contributed by atoms with Gasteiger partial charge in [0.05, 0.1) is 6.10 Å². The molecule has 0 saturated heterocycles. The lowest BCUT2D eigenvalue weighted by molar-refractivity contribution is 0.0850. The van der Waals surface area contributed by atoms with Crippen molar-refractivity contribution in [2.45, 2.75) is 52.3 Å². The van der Waals surface area contributed by atoms with Crippen molar-refractivity contribution in [3.8, 4) is 0 Å². The first-order valence-electron chi connectivity index (χ1n) is 4.40. The maximum Gasteiger partial charge on any atom is 0.0693 e. The Labute approximate surface area is 70.3 Å². The Balaban J connectivity index is 3.58. The summed E-state index contributed by atoms with van der Waals surface area (Å²) in [5.74, 6) is 0. The highest BCUT2D eigenvalue weighted by Crippen LogP contribution is 1.99. The van der Waals surface area contributed by atoms with E-state index in [1.807, 2.05) is 0 Å². The van der Waals surface area contributed by atoms with Crippen LogP contribution in [0.3, 0.4) is 0 Å². The van der Waals surface area contributed by atoms with Crippen LogP contribution in [-0.2, 0) is 4.74 Å². The summed E-state index contributed by atoms with van der Waals surface area (Å²) in [6.45, 7) is 8.61. The summed E-state index contributed by atoms with van der Waals surface area (Å²) in [5.41, 5.74) is 0. The highest BCUT2D eigenvalue weighted by molar-refractivity contribution is 4.71. The van der Waals surface area contributed by atoms with Gasteiger partial charge in [-0.25, -0.2) is 0 Å². The van der Waals surface area contributed by atoms with Gasteiger partial charge in [-0.2, -0.15) is 0 Å². The fourth-order valence-corrected chi connectivity index (χ4v) is 0.906. The topological polar surface area (TPSA) is 21.3 Å². The van der Waals surface area contributed by atoms with Gasteiger partial charge in [-0.3, -0.25) is 0 Å². The van der Waals surface area contributed by atoms with Gasteiger partial charge >= 0.3 is 0 Å². The SMILES string of the molecule is CCC(C)NC(C)C(C)OC. The molecule has 0 radical (unpaired) electrons. The first-order chi connectivity index (χ1) is 5.11. The predicted octanol–water partition coefficient (Wildman–Crippen LogP) is 1.80. The van der Waals surface area contributed by atoms with Crippen LogP contribution in [-0.4, -0.2) is 25.3 Å². The molecule has 2 nitrogen and oxygen atoms in total. The molecule has 0 heterocycles. The zero-order valence-corrected chi connectivity index (χ0v) is 8.35. The Bertz CT molecular complexity index is 95.6. The van der Waals surface area contributed by atoms with Gasteiger partial charge in [-0.15, -0.1) is 0 Å². The molecule has 3 atom stereocenters. The first kappa shape index (κ1) is 10.9. The van der Waals surface area contributed by atoms with Crippen molar-refractivity contribution < 1.29 is 4.74 Å². The van der Waals surface area contributed by atoms with E-state index in [4.69, 9.17) is 4.74 Å². The molecule has 0 aromatic rings. The lowest BCUT2D eigenvalue weighted by Gasteiger charge is -2.23. The van der Waals surface area contributed by atoms with E-state index in [0.29, 0.717) is 18.2 Å². The lowest BCUT2D eigenvalue weighted by atomic mass is 10.1. The van der Waals surface area contributed by atoms with Crippen LogP contribution in [0.1, 0.15) is 34.1 Å². The second-order valence-electron chi connectivity index (χ2n) is 3.21. The average Bonchev–Trinajstić information content (AvgIpc) is 2.02. The van der Waals surface area contributed by atoms with Crippen LogP contribution in [0.25, 0.3) is 0 Å². The van der Waals surface area contributed by atoms with Crippen molar-refractivity contribution in [1.82, 2.24) is 5.32 Å². The van der Waals surface area contributed by atoms with Crippen molar-refractivity contribution in [2.24, 2.45) is 0 Å².